The first kappa shape index (κ1) is 12.2. The minimum absolute atomic E-state index is 0.145. The molecule has 17 heavy (non-hydrogen) atoms. The minimum atomic E-state index is -0.145. The van der Waals surface area contributed by atoms with Crippen LogP contribution in [0.4, 0.5) is 0 Å². The Bertz CT molecular complexity index is 568. The van der Waals surface area contributed by atoms with E-state index < -0.39 is 0 Å². The quantitative estimate of drug-likeness (QED) is 0.801. The van der Waals surface area contributed by atoms with Crippen LogP contribution in [0.5, 0.6) is 0 Å². The van der Waals surface area contributed by atoms with Crippen LogP contribution in [0.3, 0.4) is 0 Å². The highest BCUT2D eigenvalue weighted by molar-refractivity contribution is 7.98. The number of benzene rings is 1. The van der Waals surface area contributed by atoms with Crippen LogP contribution in [-0.2, 0) is 6.54 Å². The maximum absolute atomic E-state index is 12.0. The number of aromatic nitrogens is 2. The second-order valence-corrected chi connectivity index (χ2v) is 4.70. The summed E-state index contributed by atoms with van der Waals surface area (Å²) < 4.78 is 1.42. The predicted molar refractivity (Wildman–Crippen MR) is 70.8 cm³/mol. The van der Waals surface area contributed by atoms with Gasteiger partial charge in [-0.15, -0.1) is 11.8 Å². The van der Waals surface area contributed by atoms with Gasteiger partial charge in [-0.3, -0.25) is 4.79 Å². The Kier molecular flexibility index (Phi) is 3.86. The van der Waals surface area contributed by atoms with Crippen LogP contribution in [0, 0.1) is 0 Å². The third-order valence-electron chi connectivity index (χ3n) is 2.34. The lowest BCUT2D eigenvalue weighted by atomic mass is 10.2. The van der Waals surface area contributed by atoms with Crippen molar-refractivity contribution in [3.63, 3.8) is 0 Å². The molecule has 0 saturated carbocycles. The smallest absolute Gasteiger partial charge is 0.266 e. The van der Waals surface area contributed by atoms with Crippen LogP contribution in [0.15, 0.2) is 46.2 Å². The van der Waals surface area contributed by atoms with E-state index in [2.05, 4.69) is 5.10 Å². The van der Waals surface area contributed by atoms with Gasteiger partial charge in [0.05, 0.1) is 22.7 Å². The van der Waals surface area contributed by atoms with Gasteiger partial charge in [-0.2, -0.15) is 5.10 Å². The lowest BCUT2D eigenvalue weighted by Gasteiger charge is -2.06. The number of hydrogen-bond acceptors (Lipinski definition) is 3. The molecular formula is C12H11ClN2OS. The molecule has 0 aliphatic heterocycles. The van der Waals surface area contributed by atoms with Crippen molar-refractivity contribution in [3.05, 3.63) is 57.5 Å². The second-order valence-electron chi connectivity index (χ2n) is 3.47. The molecule has 1 aromatic heterocycles. The molecule has 0 aliphatic carbocycles. The second kappa shape index (κ2) is 5.38. The Balaban J connectivity index is 2.38. The zero-order valence-corrected chi connectivity index (χ0v) is 10.8. The van der Waals surface area contributed by atoms with Gasteiger partial charge < -0.3 is 0 Å². The summed E-state index contributed by atoms with van der Waals surface area (Å²) in [6.45, 7) is 0.463. The molecule has 5 heteroatoms. The molecule has 2 aromatic rings. The molecule has 1 heterocycles. The Labute approximate surface area is 108 Å². The van der Waals surface area contributed by atoms with E-state index in [-0.39, 0.29) is 5.56 Å². The highest BCUT2D eigenvalue weighted by atomic mass is 35.5. The van der Waals surface area contributed by atoms with Crippen molar-refractivity contribution in [1.29, 1.82) is 0 Å². The molecule has 88 valence electrons. The third kappa shape index (κ3) is 2.70. The number of rotatable bonds is 3. The fraction of sp³-hybridized carbons (Fsp3) is 0.167. The lowest BCUT2D eigenvalue weighted by molar-refractivity contribution is 0.624. The molecule has 0 atom stereocenters. The summed E-state index contributed by atoms with van der Waals surface area (Å²) in [5.74, 6) is 0. The van der Waals surface area contributed by atoms with Crippen molar-refractivity contribution >= 4 is 23.4 Å². The first-order valence-electron chi connectivity index (χ1n) is 5.06. The number of thioether (sulfide) groups is 1. The Hall–Kier alpha value is -1.26. The summed E-state index contributed by atoms with van der Waals surface area (Å²) >= 11 is 7.25. The van der Waals surface area contributed by atoms with E-state index in [1.165, 1.54) is 22.6 Å². The van der Waals surface area contributed by atoms with E-state index in [4.69, 9.17) is 11.6 Å². The maximum Gasteiger partial charge on any atom is 0.282 e. The normalized spacial score (nSPS) is 10.5. The first-order valence-corrected chi connectivity index (χ1v) is 6.66. The Morgan fingerprint density at radius 1 is 1.35 bits per heavy atom. The van der Waals surface area contributed by atoms with E-state index >= 15 is 0 Å². The monoisotopic (exact) mass is 266 g/mol. The van der Waals surface area contributed by atoms with Gasteiger partial charge in [0.2, 0.25) is 0 Å². The zero-order chi connectivity index (χ0) is 12.3. The largest absolute Gasteiger partial charge is 0.282 e. The van der Waals surface area contributed by atoms with Gasteiger partial charge in [0, 0.05) is 0 Å². The van der Waals surface area contributed by atoms with Crippen molar-refractivity contribution in [2.45, 2.75) is 11.4 Å². The summed E-state index contributed by atoms with van der Waals surface area (Å²) in [4.78, 5) is 12.6. The summed E-state index contributed by atoms with van der Waals surface area (Å²) in [7, 11) is 0. The van der Waals surface area contributed by atoms with Crippen molar-refractivity contribution in [3.8, 4) is 0 Å². The highest BCUT2D eigenvalue weighted by Crippen LogP contribution is 2.19. The van der Waals surface area contributed by atoms with E-state index in [0.29, 0.717) is 16.5 Å². The molecule has 1 aromatic carbocycles. The van der Waals surface area contributed by atoms with Gasteiger partial charge in [-0.25, -0.2) is 4.68 Å². The van der Waals surface area contributed by atoms with Crippen LogP contribution in [0.2, 0.25) is 5.02 Å². The molecule has 0 spiro atoms. The van der Waals surface area contributed by atoms with E-state index in [9.17, 15) is 4.79 Å². The molecule has 0 amide bonds. The minimum Gasteiger partial charge on any atom is -0.266 e. The van der Waals surface area contributed by atoms with Crippen LogP contribution in [-0.4, -0.2) is 16.0 Å². The Morgan fingerprint density at radius 2 is 2.06 bits per heavy atom. The summed E-state index contributed by atoms with van der Waals surface area (Å²) in [5, 5.41) is 4.45. The molecule has 0 unspecified atom stereocenters. The molecule has 3 nitrogen and oxygen atoms in total. The van der Waals surface area contributed by atoms with Crippen LogP contribution in [0.25, 0.3) is 0 Å². The predicted octanol–water partition coefficient (Wildman–Crippen LogP) is 2.67. The number of nitrogens with zero attached hydrogens (tertiary/aromatic N) is 2. The van der Waals surface area contributed by atoms with Gasteiger partial charge >= 0.3 is 0 Å². The summed E-state index contributed by atoms with van der Waals surface area (Å²) in [6, 6.07) is 9.73. The number of hydrogen-bond donors (Lipinski definition) is 0. The average Bonchev–Trinajstić information content (AvgIpc) is 2.35. The molecule has 0 N–H and O–H groups in total. The molecule has 0 fully saturated rings. The topological polar surface area (TPSA) is 34.9 Å². The first-order chi connectivity index (χ1) is 8.22. The lowest BCUT2D eigenvalue weighted by Crippen LogP contribution is -2.24. The van der Waals surface area contributed by atoms with Crippen LogP contribution in [0.1, 0.15) is 5.56 Å². The summed E-state index contributed by atoms with van der Waals surface area (Å²) in [5.41, 5.74) is 0.894. The van der Waals surface area contributed by atoms with E-state index in [0.717, 1.165) is 5.56 Å². The molecule has 0 radical (unpaired) electrons. The van der Waals surface area contributed by atoms with Crippen molar-refractivity contribution < 1.29 is 0 Å². The van der Waals surface area contributed by atoms with Crippen molar-refractivity contribution in [2.75, 3.05) is 6.26 Å². The fourth-order valence-corrected chi connectivity index (χ4v) is 2.39. The van der Waals surface area contributed by atoms with Crippen LogP contribution >= 0.6 is 23.4 Å². The summed E-state index contributed by atoms with van der Waals surface area (Å²) in [6.07, 6.45) is 3.34. The van der Waals surface area contributed by atoms with Gasteiger partial charge in [0.25, 0.3) is 5.56 Å². The van der Waals surface area contributed by atoms with Crippen LogP contribution < -0.4 is 5.56 Å². The van der Waals surface area contributed by atoms with Gasteiger partial charge in [0.15, 0.2) is 0 Å². The van der Waals surface area contributed by atoms with E-state index in [1.54, 1.807) is 0 Å². The highest BCUT2D eigenvalue weighted by Gasteiger charge is 2.08. The third-order valence-corrected chi connectivity index (χ3v) is 3.54. The van der Waals surface area contributed by atoms with Crippen molar-refractivity contribution in [1.82, 2.24) is 9.78 Å². The molecule has 2 rings (SSSR count). The van der Waals surface area contributed by atoms with E-state index in [1.807, 2.05) is 36.6 Å². The molecule has 0 bridgehead atoms. The molecular weight excluding hydrogens is 256 g/mol. The van der Waals surface area contributed by atoms with Gasteiger partial charge in [-0.1, -0.05) is 41.9 Å². The Morgan fingerprint density at radius 3 is 2.71 bits per heavy atom. The number of halogens is 1. The van der Waals surface area contributed by atoms with Gasteiger partial charge in [0.1, 0.15) is 0 Å². The SMILES string of the molecule is CSc1c(Cl)cnn(Cc2ccccc2)c1=O. The van der Waals surface area contributed by atoms with Gasteiger partial charge in [-0.05, 0) is 11.8 Å². The van der Waals surface area contributed by atoms with Crippen molar-refractivity contribution in [2.24, 2.45) is 0 Å². The molecule has 0 aliphatic rings. The molecule has 0 saturated heterocycles. The average molecular weight is 267 g/mol. The zero-order valence-electron chi connectivity index (χ0n) is 9.26. The standard InChI is InChI=1S/C12H11ClN2OS/c1-17-11-10(13)7-14-15(12(11)16)8-9-5-3-2-4-6-9/h2-7H,8H2,1H3. The maximum atomic E-state index is 12.0. The fourth-order valence-electron chi connectivity index (χ4n) is 1.50.